The summed E-state index contributed by atoms with van der Waals surface area (Å²) in [5.74, 6) is 7.47. The molecule has 2 heteroatoms. The van der Waals surface area contributed by atoms with Gasteiger partial charge < -0.3 is 0 Å². The van der Waals surface area contributed by atoms with Gasteiger partial charge in [-0.25, -0.2) is 4.98 Å². The zero-order valence-corrected chi connectivity index (χ0v) is 10.1. The molecule has 0 aliphatic carbocycles. The van der Waals surface area contributed by atoms with Gasteiger partial charge in [-0.05, 0) is 17.8 Å². The zero-order chi connectivity index (χ0) is 10.6. The monoisotopic (exact) mass is 207 g/mol. The highest BCUT2D eigenvalue weighted by Crippen LogP contribution is 2.20. The Morgan fingerprint density at radius 2 is 2.07 bits per heavy atom. The molecule has 0 aromatic carbocycles. The average molecular weight is 207 g/mol. The van der Waals surface area contributed by atoms with Crippen LogP contribution in [0.5, 0.6) is 0 Å². The first-order chi connectivity index (χ1) is 6.59. The Bertz CT molecular complexity index is 339. The van der Waals surface area contributed by atoms with Crippen LogP contribution in [0.2, 0.25) is 0 Å². The van der Waals surface area contributed by atoms with Crippen molar-refractivity contribution in [2.75, 3.05) is 0 Å². The second kappa shape index (κ2) is 5.17. The molecule has 0 saturated heterocycles. The molecule has 76 valence electrons. The first kappa shape index (κ1) is 11.3. The predicted octanol–water partition coefficient (Wildman–Crippen LogP) is 3.66. The number of aromatic nitrogens is 1. The summed E-state index contributed by atoms with van der Waals surface area (Å²) >= 11 is 1.71. The van der Waals surface area contributed by atoms with E-state index in [9.17, 15) is 0 Å². The highest BCUT2D eigenvalue weighted by Gasteiger charge is 2.02. The molecule has 14 heavy (non-hydrogen) atoms. The van der Waals surface area contributed by atoms with E-state index in [2.05, 4.69) is 44.5 Å². The van der Waals surface area contributed by atoms with Crippen LogP contribution in [0.1, 0.15) is 49.9 Å². The van der Waals surface area contributed by atoms with E-state index in [0.29, 0.717) is 11.8 Å². The number of hydrogen-bond donors (Lipinski definition) is 0. The third-order valence-electron chi connectivity index (χ3n) is 1.80. The van der Waals surface area contributed by atoms with E-state index < -0.39 is 0 Å². The summed E-state index contributed by atoms with van der Waals surface area (Å²) in [5.41, 5.74) is 0. The van der Waals surface area contributed by atoms with Crippen LogP contribution in [0.3, 0.4) is 0 Å². The van der Waals surface area contributed by atoms with Gasteiger partial charge in [0.2, 0.25) is 0 Å². The molecule has 0 aliphatic heterocycles. The fourth-order valence-electron chi connectivity index (χ4n) is 0.942. The molecular formula is C12H17NS. The molecule has 0 bridgehead atoms. The smallest absolute Gasteiger partial charge is 0.167 e. The van der Waals surface area contributed by atoms with Gasteiger partial charge in [-0.15, -0.1) is 11.3 Å². The normalized spacial score (nSPS) is 10.4. The second-order valence-electron chi connectivity index (χ2n) is 4.12. The van der Waals surface area contributed by atoms with Gasteiger partial charge in [0, 0.05) is 17.5 Å². The SMILES string of the molecule is CC(C)CC#Cc1ncc(C(C)C)s1. The van der Waals surface area contributed by atoms with Crippen molar-refractivity contribution in [1.82, 2.24) is 4.98 Å². The van der Waals surface area contributed by atoms with Gasteiger partial charge >= 0.3 is 0 Å². The maximum absolute atomic E-state index is 4.28. The van der Waals surface area contributed by atoms with Crippen LogP contribution in [-0.2, 0) is 0 Å². The van der Waals surface area contributed by atoms with E-state index in [1.807, 2.05) is 6.20 Å². The molecule has 1 aromatic rings. The van der Waals surface area contributed by atoms with Crippen LogP contribution in [-0.4, -0.2) is 4.98 Å². The summed E-state index contributed by atoms with van der Waals surface area (Å²) in [6, 6.07) is 0. The van der Waals surface area contributed by atoms with Gasteiger partial charge in [0.05, 0.1) is 0 Å². The molecule has 1 nitrogen and oxygen atoms in total. The summed E-state index contributed by atoms with van der Waals surface area (Å²) in [7, 11) is 0. The van der Waals surface area contributed by atoms with Gasteiger partial charge in [0.25, 0.3) is 0 Å². The van der Waals surface area contributed by atoms with Gasteiger partial charge in [-0.1, -0.05) is 33.6 Å². The van der Waals surface area contributed by atoms with Gasteiger partial charge in [0.1, 0.15) is 0 Å². The van der Waals surface area contributed by atoms with E-state index in [4.69, 9.17) is 0 Å². The Kier molecular flexibility index (Phi) is 4.16. The molecule has 1 rings (SSSR count). The molecule has 0 saturated carbocycles. The predicted molar refractivity (Wildman–Crippen MR) is 62.5 cm³/mol. The maximum atomic E-state index is 4.28. The molecule has 0 amide bonds. The standard InChI is InChI=1S/C12H17NS/c1-9(2)6-5-7-12-13-8-11(14-12)10(3)4/h8-10H,6H2,1-4H3. The molecule has 0 radical (unpaired) electrons. The van der Waals surface area contributed by atoms with Crippen molar-refractivity contribution >= 4 is 11.3 Å². The van der Waals surface area contributed by atoms with Gasteiger partial charge in [-0.2, -0.15) is 0 Å². The van der Waals surface area contributed by atoms with Crippen molar-refractivity contribution in [3.8, 4) is 11.8 Å². The van der Waals surface area contributed by atoms with Gasteiger partial charge in [-0.3, -0.25) is 0 Å². The Balaban J connectivity index is 2.62. The topological polar surface area (TPSA) is 12.9 Å². The van der Waals surface area contributed by atoms with Crippen molar-refractivity contribution < 1.29 is 0 Å². The molecule has 0 N–H and O–H groups in total. The molecule has 0 unspecified atom stereocenters. The summed E-state index contributed by atoms with van der Waals surface area (Å²) < 4.78 is 0. The number of nitrogens with zero attached hydrogens (tertiary/aromatic N) is 1. The van der Waals surface area contributed by atoms with Crippen molar-refractivity contribution in [2.24, 2.45) is 5.92 Å². The van der Waals surface area contributed by atoms with Crippen molar-refractivity contribution in [2.45, 2.75) is 40.0 Å². The lowest BCUT2D eigenvalue weighted by molar-refractivity contribution is 0.676. The second-order valence-corrected chi connectivity index (χ2v) is 5.18. The minimum atomic E-state index is 0.563. The third-order valence-corrected chi connectivity index (χ3v) is 3.01. The summed E-state index contributed by atoms with van der Waals surface area (Å²) in [6.07, 6.45) is 2.89. The van der Waals surface area contributed by atoms with Crippen LogP contribution >= 0.6 is 11.3 Å². The summed E-state index contributed by atoms with van der Waals surface area (Å²) in [6.45, 7) is 8.71. The van der Waals surface area contributed by atoms with E-state index >= 15 is 0 Å². The van der Waals surface area contributed by atoms with Gasteiger partial charge in [0.15, 0.2) is 5.01 Å². The number of hydrogen-bond acceptors (Lipinski definition) is 2. The number of rotatable bonds is 2. The van der Waals surface area contributed by atoms with E-state index in [-0.39, 0.29) is 0 Å². The maximum Gasteiger partial charge on any atom is 0.167 e. The fraction of sp³-hybridized carbons (Fsp3) is 0.583. The minimum Gasteiger partial charge on any atom is -0.236 e. The largest absolute Gasteiger partial charge is 0.236 e. The Morgan fingerprint density at radius 1 is 1.36 bits per heavy atom. The van der Waals surface area contributed by atoms with E-state index in [1.165, 1.54) is 4.88 Å². The van der Waals surface area contributed by atoms with Crippen LogP contribution < -0.4 is 0 Å². The first-order valence-electron chi connectivity index (χ1n) is 5.04. The van der Waals surface area contributed by atoms with Crippen molar-refractivity contribution in [3.63, 3.8) is 0 Å². The van der Waals surface area contributed by atoms with Crippen LogP contribution in [0.4, 0.5) is 0 Å². The summed E-state index contributed by atoms with van der Waals surface area (Å²) in [4.78, 5) is 5.60. The lowest BCUT2D eigenvalue weighted by atomic mass is 10.1. The molecule has 1 heterocycles. The minimum absolute atomic E-state index is 0.563. The zero-order valence-electron chi connectivity index (χ0n) is 9.29. The van der Waals surface area contributed by atoms with E-state index in [1.54, 1.807) is 11.3 Å². The molecule has 0 fully saturated rings. The Hall–Kier alpha value is -0.810. The highest BCUT2D eigenvalue weighted by molar-refractivity contribution is 7.12. The number of thiazole rings is 1. The van der Waals surface area contributed by atoms with E-state index in [0.717, 1.165) is 11.4 Å². The lowest BCUT2D eigenvalue weighted by Crippen LogP contribution is -1.81. The first-order valence-corrected chi connectivity index (χ1v) is 5.86. The average Bonchev–Trinajstić information content (AvgIpc) is 2.52. The molecule has 0 spiro atoms. The highest BCUT2D eigenvalue weighted by atomic mass is 32.1. The third kappa shape index (κ3) is 3.51. The Morgan fingerprint density at radius 3 is 2.57 bits per heavy atom. The van der Waals surface area contributed by atoms with Crippen LogP contribution in [0, 0.1) is 17.8 Å². The van der Waals surface area contributed by atoms with Crippen LogP contribution in [0.15, 0.2) is 6.20 Å². The fourth-order valence-corrected chi connectivity index (χ4v) is 1.74. The van der Waals surface area contributed by atoms with Crippen molar-refractivity contribution in [3.05, 3.63) is 16.1 Å². The molecule has 0 atom stereocenters. The Labute approximate surface area is 90.6 Å². The lowest BCUT2D eigenvalue weighted by Gasteiger charge is -1.95. The van der Waals surface area contributed by atoms with Crippen LogP contribution in [0.25, 0.3) is 0 Å². The quantitative estimate of drug-likeness (QED) is 0.674. The molecular weight excluding hydrogens is 190 g/mol. The molecule has 1 aromatic heterocycles. The summed E-state index contributed by atoms with van der Waals surface area (Å²) in [5, 5.41) is 0.953. The molecule has 0 aliphatic rings. The van der Waals surface area contributed by atoms with Crippen molar-refractivity contribution in [1.29, 1.82) is 0 Å².